The summed E-state index contributed by atoms with van der Waals surface area (Å²) in [4.78, 5) is 12.3. The van der Waals surface area contributed by atoms with Crippen molar-refractivity contribution in [2.24, 2.45) is 5.92 Å². The maximum absolute atomic E-state index is 12.3. The Kier molecular flexibility index (Phi) is 4.49. The zero-order chi connectivity index (χ0) is 17.3. The number of phenols is 1. The molecule has 0 unspecified atom stereocenters. The average Bonchev–Trinajstić information content (AvgIpc) is 2.52. The Morgan fingerprint density at radius 1 is 1.17 bits per heavy atom. The van der Waals surface area contributed by atoms with Gasteiger partial charge in [0.15, 0.2) is 5.43 Å². The molecule has 3 aromatic rings. The first kappa shape index (κ1) is 16.4. The van der Waals surface area contributed by atoms with E-state index in [1.807, 2.05) is 24.3 Å². The molecule has 1 heterocycles. The second kappa shape index (κ2) is 6.57. The maximum atomic E-state index is 12.3. The van der Waals surface area contributed by atoms with Crippen LogP contribution >= 0.6 is 11.6 Å². The van der Waals surface area contributed by atoms with Crippen molar-refractivity contribution in [2.75, 3.05) is 6.61 Å². The van der Waals surface area contributed by atoms with Crippen LogP contribution in [-0.4, -0.2) is 11.7 Å². The Labute approximate surface area is 144 Å². The van der Waals surface area contributed by atoms with Crippen LogP contribution in [0, 0.1) is 5.92 Å². The lowest BCUT2D eigenvalue weighted by atomic mass is 10.1. The Morgan fingerprint density at radius 3 is 2.54 bits per heavy atom. The van der Waals surface area contributed by atoms with Gasteiger partial charge in [-0.15, -0.1) is 0 Å². The van der Waals surface area contributed by atoms with Crippen molar-refractivity contribution < 1.29 is 14.3 Å². The van der Waals surface area contributed by atoms with E-state index < -0.39 is 0 Å². The molecule has 0 amide bonds. The Morgan fingerprint density at radius 2 is 1.88 bits per heavy atom. The summed E-state index contributed by atoms with van der Waals surface area (Å²) in [6.07, 6.45) is 0. The summed E-state index contributed by atoms with van der Waals surface area (Å²) >= 11 is 5.92. The third kappa shape index (κ3) is 3.39. The van der Waals surface area contributed by atoms with E-state index in [2.05, 4.69) is 13.8 Å². The molecule has 124 valence electrons. The summed E-state index contributed by atoms with van der Waals surface area (Å²) in [6, 6.07) is 11.5. The topological polar surface area (TPSA) is 59.7 Å². The van der Waals surface area contributed by atoms with Gasteiger partial charge < -0.3 is 14.3 Å². The molecular formula is C19H17ClO4. The van der Waals surface area contributed by atoms with Crippen molar-refractivity contribution in [1.82, 2.24) is 0 Å². The number of rotatable bonds is 4. The normalized spacial score (nSPS) is 11.2. The van der Waals surface area contributed by atoms with Crippen LogP contribution in [0.1, 0.15) is 13.8 Å². The maximum Gasteiger partial charge on any atom is 0.197 e. The van der Waals surface area contributed by atoms with Crippen molar-refractivity contribution in [3.05, 3.63) is 57.7 Å². The molecule has 0 saturated carbocycles. The number of ether oxygens (including phenoxy) is 1. The predicted molar refractivity (Wildman–Crippen MR) is 94.9 cm³/mol. The molecule has 0 radical (unpaired) electrons. The summed E-state index contributed by atoms with van der Waals surface area (Å²) in [7, 11) is 0. The number of phenolic OH excluding ortho intramolecular Hbond substituents is 1. The van der Waals surface area contributed by atoms with Crippen LogP contribution in [0.4, 0.5) is 0 Å². The number of benzene rings is 2. The average molecular weight is 345 g/mol. The molecule has 3 rings (SSSR count). The summed E-state index contributed by atoms with van der Waals surface area (Å²) in [5.41, 5.74) is 0.675. The molecule has 0 aliphatic carbocycles. The first-order valence-corrected chi connectivity index (χ1v) is 8.01. The van der Waals surface area contributed by atoms with Crippen LogP contribution in [0.2, 0.25) is 5.02 Å². The van der Waals surface area contributed by atoms with Gasteiger partial charge in [0, 0.05) is 22.7 Å². The lowest BCUT2D eigenvalue weighted by Gasteiger charge is -2.09. The first-order valence-electron chi connectivity index (χ1n) is 7.63. The van der Waals surface area contributed by atoms with Crippen LogP contribution in [0.5, 0.6) is 11.5 Å². The largest absolute Gasteiger partial charge is 0.507 e. The number of hydrogen-bond acceptors (Lipinski definition) is 4. The van der Waals surface area contributed by atoms with Gasteiger partial charge in [-0.1, -0.05) is 25.4 Å². The number of aromatic hydroxyl groups is 1. The minimum Gasteiger partial charge on any atom is -0.507 e. The highest BCUT2D eigenvalue weighted by Gasteiger charge is 2.12. The summed E-state index contributed by atoms with van der Waals surface area (Å²) in [6.45, 7) is 4.81. The van der Waals surface area contributed by atoms with E-state index in [1.165, 1.54) is 18.2 Å². The molecule has 2 aromatic carbocycles. The number of halogens is 1. The third-order valence-corrected chi connectivity index (χ3v) is 3.72. The Hall–Kier alpha value is -2.46. The SMILES string of the molecule is CC(C)COc1ccc(-c2cc(=O)c3c(O)cc(Cl)cc3o2)cc1. The van der Waals surface area contributed by atoms with Gasteiger partial charge in [-0.2, -0.15) is 0 Å². The fourth-order valence-electron chi connectivity index (χ4n) is 2.36. The smallest absolute Gasteiger partial charge is 0.197 e. The lowest BCUT2D eigenvalue weighted by molar-refractivity contribution is 0.271. The van der Waals surface area contributed by atoms with Crippen LogP contribution in [0.15, 0.2) is 51.7 Å². The summed E-state index contributed by atoms with van der Waals surface area (Å²) < 4.78 is 11.4. The van der Waals surface area contributed by atoms with Gasteiger partial charge in [0.2, 0.25) is 0 Å². The second-order valence-corrected chi connectivity index (χ2v) is 6.44. The fourth-order valence-corrected chi connectivity index (χ4v) is 2.56. The molecule has 0 fully saturated rings. The molecule has 0 spiro atoms. The van der Waals surface area contributed by atoms with Gasteiger partial charge >= 0.3 is 0 Å². The van der Waals surface area contributed by atoms with Crippen molar-refractivity contribution in [3.8, 4) is 22.8 Å². The monoisotopic (exact) mass is 344 g/mol. The molecule has 0 saturated heterocycles. The molecule has 1 aromatic heterocycles. The van der Waals surface area contributed by atoms with E-state index >= 15 is 0 Å². The molecule has 1 N–H and O–H groups in total. The third-order valence-electron chi connectivity index (χ3n) is 3.50. The van der Waals surface area contributed by atoms with E-state index in [-0.39, 0.29) is 22.1 Å². The van der Waals surface area contributed by atoms with E-state index in [9.17, 15) is 9.90 Å². The van der Waals surface area contributed by atoms with E-state index in [4.69, 9.17) is 20.8 Å². The van der Waals surface area contributed by atoms with Crippen LogP contribution in [-0.2, 0) is 0 Å². The van der Waals surface area contributed by atoms with Crippen molar-refractivity contribution in [3.63, 3.8) is 0 Å². The fraction of sp³-hybridized carbons (Fsp3) is 0.211. The van der Waals surface area contributed by atoms with Gasteiger partial charge in [0.25, 0.3) is 0 Å². The minimum absolute atomic E-state index is 0.125. The van der Waals surface area contributed by atoms with Crippen molar-refractivity contribution >= 4 is 22.6 Å². The van der Waals surface area contributed by atoms with Crippen molar-refractivity contribution in [2.45, 2.75) is 13.8 Å². The molecule has 5 heteroatoms. The molecule has 0 aliphatic rings. The van der Waals surface area contributed by atoms with Gasteiger partial charge in [-0.25, -0.2) is 0 Å². The molecule has 0 atom stereocenters. The Bertz CT molecular complexity index is 926. The van der Waals surface area contributed by atoms with Gasteiger partial charge in [-0.05, 0) is 36.2 Å². The highest BCUT2D eigenvalue weighted by molar-refractivity contribution is 6.31. The van der Waals surface area contributed by atoms with Crippen LogP contribution in [0.25, 0.3) is 22.3 Å². The summed E-state index contributed by atoms with van der Waals surface area (Å²) in [5, 5.41) is 10.3. The predicted octanol–water partition coefficient (Wildman–Crippen LogP) is 4.85. The molecule has 4 nitrogen and oxygen atoms in total. The van der Waals surface area contributed by atoms with E-state index in [0.29, 0.717) is 23.3 Å². The van der Waals surface area contributed by atoms with Crippen LogP contribution in [0.3, 0.4) is 0 Å². The highest BCUT2D eigenvalue weighted by atomic mass is 35.5. The molecule has 0 bridgehead atoms. The lowest BCUT2D eigenvalue weighted by Crippen LogP contribution is -2.04. The standard InChI is InChI=1S/C19H17ClO4/c1-11(2)10-23-14-5-3-12(4-6-14)17-9-16(22)19-15(21)7-13(20)8-18(19)24-17/h3-9,11,21H,10H2,1-2H3. The second-order valence-electron chi connectivity index (χ2n) is 6.00. The van der Waals surface area contributed by atoms with Gasteiger partial charge in [0.05, 0.1) is 6.61 Å². The molecule has 0 aliphatic heterocycles. The Balaban J connectivity index is 1.99. The van der Waals surface area contributed by atoms with Crippen LogP contribution < -0.4 is 10.2 Å². The zero-order valence-electron chi connectivity index (χ0n) is 13.4. The van der Waals surface area contributed by atoms with Gasteiger partial charge in [-0.3, -0.25) is 4.79 Å². The van der Waals surface area contributed by atoms with E-state index in [0.717, 1.165) is 11.3 Å². The quantitative estimate of drug-likeness (QED) is 0.734. The van der Waals surface area contributed by atoms with E-state index in [1.54, 1.807) is 0 Å². The zero-order valence-corrected chi connectivity index (χ0v) is 14.1. The first-order chi connectivity index (χ1) is 11.4. The molecular weight excluding hydrogens is 328 g/mol. The highest BCUT2D eigenvalue weighted by Crippen LogP contribution is 2.30. The molecule has 24 heavy (non-hydrogen) atoms. The number of fused-ring (bicyclic) bond motifs is 1. The summed E-state index contributed by atoms with van der Waals surface area (Å²) in [5.74, 6) is 1.43. The van der Waals surface area contributed by atoms with Gasteiger partial charge in [0.1, 0.15) is 28.2 Å². The minimum atomic E-state index is -0.319. The number of hydrogen-bond donors (Lipinski definition) is 1. The van der Waals surface area contributed by atoms with Crippen molar-refractivity contribution in [1.29, 1.82) is 0 Å².